The minimum Gasteiger partial charge on any atom is -0.350 e. The van der Waals surface area contributed by atoms with Gasteiger partial charge in [0.05, 0.1) is 29.0 Å². The van der Waals surface area contributed by atoms with Crippen LogP contribution in [0.3, 0.4) is 0 Å². The lowest BCUT2D eigenvalue weighted by molar-refractivity contribution is -0.127. The summed E-state index contributed by atoms with van der Waals surface area (Å²) in [5.74, 6) is -1.06. The van der Waals surface area contributed by atoms with E-state index in [0.29, 0.717) is 24.2 Å². The Hall–Kier alpha value is -2.91. The van der Waals surface area contributed by atoms with Crippen LogP contribution in [0.5, 0.6) is 0 Å². The number of rotatable bonds is 10. The number of aromatic nitrogens is 2. The molecule has 1 aromatic heterocycles. The molecule has 0 unspecified atom stereocenters. The van der Waals surface area contributed by atoms with Gasteiger partial charge in [-0.25, -0.2) is 13.0 Å². The summed E-state index contributed by atoms with van der Waals surface area (Å²) < 4.78 is 30.6. The van der Waals surface area contributed by atoms with Crippen molar-refractivity contribution in [3.63, 3.8) is 0 Å². The van der Waals surface area contributed by atoms with Crippen molar-refractivity contribution in [1.29, 1.82) is 5.26 Å². The Morgan fingerprint density at radius 2 is 1.91 bits per heavy atom. The van der Waals surface area contributed by atoms with Gasteiger partial charge in [0.1, 0.15) is 17.9 Å². The molecule has 3 rings (SSSR count). The summed E-state index contributed by atoms with van der Waals surface area (Å²) in [4.78, 5) is 25.4. The zero-order valence-electron chi connectivity index (χ0n) is 18.8. The Kier molecular flexibility index (Phi) is 9.06. The zero-order valence-corrected chi connectivity index (χ0v) is 20.5. The van der Waals surface area contributed by atoms with Crippen molar-refractivity contribution < 1.29 is 22.6 Å². The van der Waals surface area contributed by atoms with Crippen molar-refractivity contribution in [2.75, 3.05) is 18.1 Å². The summed E-state index contributed by atoms with van der Waals surface area (Å²) in [6.45, 7) is 1.88. The first kappa shape index (κ1) is 25.7. The summed E-state index contributed by atoms with van der Waals surface area (Å²) in [7, 11) is -3.59. The number of nitrogens with zero attached hydrogens (tertiary/aromatic N) is 3. The van der Waals surface area contributed by atoms with E-state index in [0.717, 1.165) is 17.7 Å². The largest absolute Gasteiger partial charge is 0.350 e. The second kappa shape index (κ2) is 12.0. The number of nitriles is 1. The molecule has 0 bridgehead atoms. The van der Waals surface area contributed by atoms with Crippen LogP contribution in [0.25, 0.3) is 0 Å². The number of carbonyl (C=O) groups excluding carboxylic acids is 2. The third-order valence-corrected chi connectivity index (χ3v) is 8.64. The van der Waals surface area contributed by atoms with E-state index in [9.17, 15) is 18.0 Å². The number of benzene rings is 1. The number of hydrogen-bond acceptors (Lipinski definition) is 9. The van der Waals surface area contributed by atoms with E-state index in [-0.39, 0.29) is 47.2 Å². The minimum absolute atomic E-state index is 0.0803. The van der Waals surface area contributed by atoms with Gasteiger partial charge in [-0.1, -0.05) is 23.2 Å². The number of aryl methyl sites for hydroxylation is 1. The first-order valence-corrected chi connectivity index (χ1v) is 13.6. The van der Waals surface area contributed by atoms with Crippen LogP contribution >= 0.6 is 11.8 Å². The summed E-state index contributed by atoms with van der Waals surface area (Å²) in [6.07, 6.45) is 3.04. The van der Waals surface area contributed by atoms with E-state index in [1.807, 2.05) is 6.07 Å². The van der Waals surface area contributed by atoms with Gasteiger partial charge in [0.15, 0.2) is 9.84 Å². The Labute approximate surface area is 202 Å². The van der Waals surface area contributed by atoms with Crippen molar-refractivity contribution >= 4 is 33.4 Å². The molecule has 12 heteroatoms. The predicted molar refractivity (Wildman–Crippen MR) is 124 cm³/mol. The Morgan fingerprint density at radius 3 is 2.59 bits per heavy atom. The standard InChI is InChI=1S/C22H27N5O5S2/c1-15-20(27-32-26-15)12-25-21(28)13-33-17-6-8-18(9-7-17)34(30,31)14-16-4-2-3-5-19(16)22(29)24-11-10-23/h6-9,16,19H,2-5,11-14H2,1H3,(H,24,29)(H,25,28)/t16-,19+/m0/s1. The van der Waals surface area contributed by atoms with Gasteiger partial charge in [-0.05, 0) is 49.9 Å². The lowest BCUT2D eigenvalue weighted by atomic mass is 9.80. The van der Waals surface area contributed by atoms with E-state index < -0.39 is 15.8 Å². The number of hydrogen-bond donors (Lipinski definition) is 2. The molecule has 0 aliphatic heterocycles. The van der Waals surface area contributed by atoms with E-state index in [1.54, 1.807) is 19.1 Å². The van der Waals surface area contributed by atoms with Gasteiger partial charge in [0.2, 0.25) is 11.8 Å². The van der Waals surface area contributed by atoms with Gasteiger partial charge in [0, 0.05) is 10.8 Å². The maximum atomic E-state index is 13.0. The Morgan fingerprint density at radius 1 is 1.18 bits per heavy atom. The molecule has 182 valence electrons. The molecule has 2 N–H and O–H groups in total. The van der Waals surface area contributed by atoms with Gasteiger partial charge in [0.25, 0.3) is 0 Å². The average molecular weight is 506 g/mol. The van der Waals surface area contributed by atoms with Gasteiger partial charge >= 0.3 is 0 Å². The molecule has 0 spiro atoms. The van der Waals surface area contributed by atoms with Crippen LogP contribution in [0.15, 0.2) is 38.7 Å². The molecule has 1 aliphatic rings. The molecule has 2 aromatic rings. The second-order valence-electron chi connectivity index (χ2n) is 8.14. The molecule has 2 atom stereocenters. The third kappa shape index (κ3) is 7.04. The number of amides is 2. The first-order valence-electron chi connectivity index (χ1n) is 10.9. The van der Waals surface area contributed by atoms with Crippen molar-refractivity contribution in [2.45, 2.75) is 48.9 Å². The maximum absolute atomic E-state index is 13.0. The highest BCUT2D eigenvalue weighted by Gasteiger charge is 2.34. The third-order valence-electron chi connectivity index (χ3n) is 5.77. The summed E-state index contributed by atoms with van der Waals surface area (Å²) >= 11 is 1.29. The van der Waals surface area contributed by atoms with E-state index in [1.165, 1.54) is 23.9 Å². The lowest BCUT2D eigenvalue weighted by Gasteiger charge is -2.30. The fourth-order valence-corrected chi connectivity index (χ4v) is 6.36. The zero-order chi connectivity index (χ0) is 24.6. The summed E-state index contributed by atoms with van der Waals surface area (Å²) in [5, 5.41) is 21.4. The van der Waals surface area contributed by atoms with E-state index >= 15 is 0 Å². The van der Waals surface area contributed by atoms with E-state index in [2.05, 4.69) is 25.6 Å². The molecule has 0 saturated heterocycles. The molecule has 34 heavy (non-hydrogen) atoms. The highest BCUT2D eigenvalue weighted by molar-refractivity contribution is 8.00. The van der Waals surface area contributed by atoms with Gasteiger partial charge in [-0.3, -0.25) is 9.59 Å². The van der Waals surface area contributed by atoms with Crippen LogP contribution in [-0.4, -0.2) is 48.6 Å². The molecule has 1 heterocycles. The Bertz CT molecular complexity index is 1140. The molecule has 1 fully saturated rings. The fourth-order valence-electron chi connectivity index (χ4n) is 3.92. The SMILES string of the molecule is Cc1nonc1CNC(=O)CSc1ccc(S(=O)(=O)C[C@@H]2CCCC[C@H]2C(=O)NCC#N)cc1. The lowest BCUT2D eigenvalue weighted by Crippen LogP contribution is -2.39. The molecular formula is C22H27N5O5S2. The van der Waals surface area contributed by atoms with Gasteiger partial charge in [-0.15, -0.1) is 11.8 Å². The summed E-state index contributed by atoms with van der Waals surface area (Å²) in [5.41, 5.74) is 1.18. The minimum atomic E-state index is -3.59. The molecule has 1 saturated carbocycles. The molecule has 10 nitrogen and oxygen atoms in total. The maximum Gasteiger partial charge on any atom is 0.230 e. The quantitative estimate of drug-likeness (QED) is 0.364. The van der Waals surface area contributed by atoms with Crippen molar-refractivity contribution in [2.24, 2.45) is 11.8 Å². The van der Waals surface area contributed by atoms with Crippen LogP contribution < -0.4 is 10.6 Å². The normalized spacial score (nSPS) is 18.1. The van der Waals surface area contributed by atoms with Crippen LogP contribution in [0, 0.1) is 30.1 Å². The van der Waals surface area contributed by atoms with E-state index in [4.69, 9.17) is 5.26 Å². The highest BCUT2D eigenvalue weighted by atomic mass is 32.2. The van der Waals surface area contributed by atoms with Crippen molar-refractivity contribution in [3.8, 4) is 6.07 Å². The van der Waals surface area contributed by atoms with Crippen LogP contribution in [0.2, 0.25) is 0 Å². The molecule has 2 amide bonds. The second-order valence-corrected chi connectivity index (χ2v) is 11.2. The van der Waals surface area contributed by atoms with Gasteiger partial charge in [-0.2, -0.15) is 5.26 Å². The van der Waals surface area contributed by atoms with Crippen molar-refractivity contribution in [3.05, 3.63) is 35.7 Å². The molecule has 1 aromatic carbocycles. The number of thioether (sulfide) groups is 1. The highest BCUT2D eigenvalue weighted by Crippen LogP contribution is 2.33. The van der Waals surface area contributed by atoms with Crippen molar-refractivity contribution in [1.82, 2.24) is 20.9 Å². The van der Waals surface area contributed by atoms with Crippen LogP contribution in [0.1, 0.15) is 37.1 Å². The number of nitrogens with one attached hydrogen (secondary N) is 2. The number of carbonyl (C=O) groups is 2. The fraction of sp³-hybridized carbons (Fsp3) is 0.500. The smallest absolute Gasteiger partial charge is 0.230 e. The molecule has 0 radical (unpaired) electrons. The average Bonchev–Trinajstić information content (AvgIpc) is 3.24. The van der Waals surface area contributed by atoms with Crippen LogP contribution in [-0.2, 0) is 26.0 Å². The first-order chi connectivity index (χ1) is 16.3. The Balaban J connectivity index is 1.54. The van der Waals surface area contributed by atoms with Gasteiger partial charge < -0.3 is 10.6 Å². The van der Waals surface area contributed by atoms with Crippen LogP contribution in [0.4, 0.5) is 0 Å². The topological polar surface area (TPSA) is 155 Å². The molecular weight excluding hydrogens is 478 g/mol. The molecule has 1 aliphatic carbocycles. The predicted octanol–water partition coefficient (Wildman–Crippen LogP) is 2.01. The summed E-state index contributed by atoms with van der Waals surface area (Å²) in [6, 6.07) is 8.30. The number of sulfone groups is 1. The monoisotopic (exact) mass is 505 g/mol.